The van der Waals surface area contributed by atoms with Crippen LogP contribution in [0.2, 0.25) is 0 Å². The number of hydrogen-bond acceptors (Lipinski definition) is 5. The van der Waals surface area contributed by atoms with Gasteiger partial charge in [-0.1, -0.05) is 18.2 Å². The summed E-state index contributed by atoms with van der Waals surface area (Å²) >= 11 is 0. The van der Waals surface area contributed by atoms with Crippen LogP contribution in [-0.2, 0) is 20.7 Å². The molecule has 0 aromatic heterocycles. The number of nitrogens with one attached hydrogen (secondary N) is 1. The second-order valence-corrected chi connectivity index (χ2v) is 9.21. The van der Waals surface area contributed by atoms with Gasteiger partial charge in [0.25, 0.3) is 0 Å². The molecule has 170 valence electrons. The van der Waals surface area contributed by atoms with E-state index in [2.05, 4.69) is 10.2 Å². The number of piperidine rings is 1. The van der Waals surface area contributed by atoms with E-state index in [0.717, 1.165) is 44.0 Å². The summed E-state index contributed by atoms with van der Waals surface area (Å²) in [6.45, 7) is 5.45. The van der Waals surface area contributed by atoms with Gasteiger partial charge in [0.15, 0.2) is 0 Å². The van der Waals surface area contributed by atoms with Gasteiger partial charge in [0.05, 0.1) is 19.6 Å². The van der Waals surface area contributed by atoms with Crippen LogP contribution in [-0.4, -0.2) is 80.7 Å². The van der Waals surface area contributed by atoms with E-state index in [0.29, 0.717) is 24.8 Å². The van der Waals surface area contributed by atoms with Crippen molar-refractivity contribution in [3.63, 3.8) is 0 Å². The Labute approximate surface area is 185 Å². The van der Waals surface area contributed by atoms with Gasteiger partial charge in [-0.25, -0.2) is 0 Å². The standard InChI is InChI=1S/C24H35N3O4/c1-30-22-5-3-2-4-20(22)12-23(28)25-13-21-16-27(24(29)17-31-21)15-19-8-10-26(11-9-19)14-18-6-7-18/h2-5,18-19,21H,6-17H2,1H3,(H,25,28). The summed E-state index contributed by atoms with van der Waals surface area (Å²) in [5.74, 6) is 2.22. The van der Waals surface area contributed by atoms with E-state index in [1.165, 1.54) is 19.4 Å². The molecule has 0 bridgehead atoms. The van der Waals surface area contributed by atoms with Crippen LogP contribution in [0, 0.1) is 11.8 Å². The number of amides is 2. The Balaban J connectivity index is 1.19. The van der Waals surface area contributed by atoms with E-state index in [1.807, 2.05) is 29.2 Å². The molecule has 2 amide bonds. The second-order valence-electron chi connectivity index (χ2n) is 9.21. The van der Waals surface area contributed by atoms with Gasteiger partial charge in [-0.3, -0.25) is 9.59 Å². The third-order valence-electron chi connectivity index (χ3n) is 6.69. The molecule has 1 unspecified atom stereocenters. The monoisotopic (exact) mass is 429 g/mol. The lowest BCUT2D eigenvalue weighted by molar-refractivity contribution is -0.150. The fraction of sp³-hybridized carbons (Fsp3) is 0.667. The van der Waals surface area contributed by atoms with Crippen molar-refractivity contribution in [3.8, 4) is 5.75 Å². The minimum atomic E-state index is -0.158. The molecule has 1 N–H and O–H groups in total. The number of methoxy groups -OCH3 is 1. The fourth-order valence-electron chi connectivity index (χ4n) is 4.62. The molecule has 7 nitrogen and oxygen atoms in total. The van der Waals surface area contributed by atoms with Crippen molar-refractivity contribution in [2.45, 2.75) is 38.2 Å². The normalized spacial score (nSPS) is 23.1. The zero-order valence-corrected chi connectivity index (χ0v) is 18.6. The van der Waals surface area contributed by atoms with Gasteiger partial charge in [-0.2, -0.15) is 0 Å². The van der Waals surface area contributed by atoms with Gasteiger partial charge in [0.2, 0.25) is 11.8 Å². The molecule has 31 heavy (non-hydrogen) atoms. The van der Waals surface area contributed by atoms with Gasteiger partial charge in [-0.05, 0) is 56.7 Å². The van der Waals surface area contributed by atoms with E-state index >= 15 is 0 Å². The summed E-state index contributed by atoms with van der Waals surface area (Å²) in [6.07, 6.45) is 5.24. The first-order chi connectivity index (χ1) is 15.1. The average molecular weight is 430 g/mol. The van der Waals surface area contributed by atoms with Crippen LogP contribution in [0.1, 0.15) is 31.2 Å². The van der Waals surface area contributed by atoms with Gasteiger partial charge >= 0.3 is 0 Å². The topological polar surface area (TPSA) is 71.1 Å². The fourth-order valence-corrected chi connectivity index (χ4v) is 4.62. The van der Waals surface area contributed by atoms with Crippen molar-refractivity contribution < 1.29 is 19.1 Å². The van der Waals surface area contributed by atoms with E-state index in [1.54, 1.807) is 7.11 Å². The van der Waals surface area contributed by atoms with Crippen LogP contribution in [0.25, 0.3) is 0 Å². The minimum absolute atomic E-state index is 0.0667. The predicted molar refractivity (Wildman–Crippen MR) is 118 cm³/mol. The Morgan fingerprint density at radius 3 is 2.61 bits per heavy atom. The lowest BCUT2D eigenvalue weighted by atomic mass is 9.95. The third kappa shape index (κ3) is 6.43. The SMILES string of the molecule is COc1ccccc1CC(=O)NCC1CN(CC2CCN(CC3CC3)CC2)C(=O)CO1. The van der Waals surface area contributed by atoms with Gasteiger partial charge in [-0.15, -0.1) is 0 Å². The maximum atomic E-state index is 12.4. The van der Waals surface area contributed by atoms with Crippen LogP contribution in [0.3, 0.4) is 0 Å². The molecule has 1 atom stereocenters. The summed E-state index contributed by atoms with van der Waals surface area (Å²) in [4.78, 5) is 29.3. The van der Waals surface area contributed by atoms with Crippen molar-refractivity contribution in [3.05, 3.63) is 29.8 Å². The molecule has 7 heteroatoms. The number of benzene rings is 1. The average Bonchev–Trinajstić information content (AvgIpc) is 3.60. The molecule has 0 radical (unpaired) electrons. The number of morpholine rings is 1. The molecule has 0 spiro atoms. The highest BCUT2D eigenvalue weighted by atomic mass is 16.5. The Bertz CT molecular complexity index is 759. The van der Waals surface area contributed by atoms with E-state index < -0.39 is 0 Å². The third-order valence-corrected chi connectivity index (χ3v) is 6.69. The molecule has 4 rings (SSSR count). The lowest BCUT2D eigenvalue weighted by Crippen LogP contribution is -2.52. The highest BCUT2D eigenvalue weighted by Gasteiger charge is 2.31. The number of likely N-dealkylation sites (tertiary alicyclic amines) is 1. The number of carbonyl (C=O) groups is 2. The zero-order valence-electron chi connectivity index (χ0n) is 18.6. The summed E-state index contributed by atoms with van der Waals surface area (Å²) in [5, 5.41) is 2.96. The smallest absolute Gasteiger partial charge is 0.248 e. The molecule has 1 saturated carbocycles. The van der Waals surface area contributed by atoms with Crippen molar-refractivity contribution in [2.75, 3.05) is 53.0 Å². The van der Waals surface area contributed by atoms with Crippen LogP contribution < -0.4 is 10.1 Å². The highest BCUT2D eigenvalue weighted by Crippen LogP contribution is 2.31. The first-order valence-electron chi connectivity index (χ1n) is 11.6. The Morgan fingerprint density at radius 1 is 1.13 bits per heavy atom. The molecule has 1 aromatic rings. The second kappa shape index (κ2) is 10.5. The first-order valence-corrected chi connectivity index (χ1v) is 11.6. The zero-order chi connectivity index (χ0) is 21.6. The van der Waals surface area contributed by atoms with Gasteiger partial charge < -0.3 is 24.6 Å². The van der Waals surface area contributed by atoms with Crippen LogP contribution in [0.5, 0.6) is 5.75 Å². The van der Waals surface area contributed by atoms with Crippen molar-refractivity contribution in [1.82, 2.24) is 15.1 Å². The number of ether oxygens (including phenoxy) is 2. The van der Waals surface area contributed by atoms with Crippen LogP contribution in [0.15, 0.2) is 24.3 Å². The quantitative estimate of drug-likeness (QED) is 0.647. The molecule has 1 aliphatic carbocycles. The summed E-state index contributed by atoms with van der Waals surface area (Å²) < 4.78 is 11.0. The van der Waals surface area contributed by atoms with Crippen molar-refractivity contribution in [2.24, 2.45) is 11.8 Å². The number of hydrogen-bond donors (Lipinski definition) is 1. The largest absolute Gasteiger partial charge is 0.496 e. The molecule has 3 fully saturated rings. The summed E-state index contributed by atoms with van der Waals surface area (Å²) in [6, 6.07) is 7.53. The van der Waals surface area contributed by atoms with E-state index in [9.17, 15) is 9.59 Å². The van der Waals surface area contributed by atoms with Crippen LogP contribution in [0.4, 0.5) is 0 Å². The molecule has 2 saturated heterocycles. The molecular formula is C24H35N3O4. The number of rotatable bonds is 9. The van der Waals surface area contributed by atoms with E-state index in [4.69, 9.17) is 9.47 Å². The summed E-state index contributed by atoms with van der Waals surface area (Å²) in [7, 11) is 1.61. The maximum absolute atomic E-state index is 12.4. The Kier molecular flexibility index (Phi) is 7.45. The van der Waals surface area contributed by atoms with Gasteiger partial charge in [0, 0.05) is 31.7 Å². The molecule has 1 aromatic carbocycles. The number of carbonyl (C=O) groups excluding carboxylic acids is 2. The predicted octanol–water partition coefficient (Wildman–Crippen LogP) is 1.70. The Morgan fingerprint density at radius 2 is 1.87 bits per heavy atom. The van der Waals surface area contributed by atoms with Gasteiger partial charge in [0.1, 0.15) is 12.4 Å². The highest BCUT2D eigenvalue weighted by molar-refractivity contribution is 5.80. The molecular weight excluding hydrogens is 394 g/mol. The maximum Gasteiger partial charge on any atom is 0.248 e. The van der Waals surface area contributed by atoms with E-state index in [-0.39, 0.29) is 30.9 Å². The van der Waals surface area contributed by atoms with Crippen molar-refractivity contribution in [1.29, 1.82) is 0 Å². The minimum Gasteiger partial charge on any atom is -0.496 e. The first kappa shape index (κ1) is 22.1. The Hall–Kier alpha value is -2.12. The molecule has 2 aliphatic heterocycles. The molecule has 2 heterocycles. The van der Waals surface area contributed by atoms with Crippen molar-refractivity contribution >= 4 is 11.8 Å². The summed E-state index contributed by atoms with van der Waals surface area (Å²) in [5.41, 5.74) is 0.858. The number of para-hydroxylation sites is 1. The molecule has 3 aliphatic rings. The van der Waals surface area contributed by atoms with Crippen LogP contribution >= 0.6 is 0 Å². The lowest BCUT2D eigenvalue weighted by Gasteiger charge is -2.38. The number of nitrogens with zero attached hydrogens (tertiary/aromatic N) is 2.